The van der Waals surface area contributed by atoms with Crippen molar-refractivity contribution in [3.05, 3.63) is 27.7 Å². The first-order valence-corrected chi connectivity index (χ1v) is 10.2. The Balaban J connectivity index is 1.86. The van der Waals surface area contributed by atoms with Crippen LogP contribution in [-0.4, -0.2) is 28.5 Å². The number of rotatable bonds is 8. The van der Waals surface area contributed by atoms with Crippen LogP contribution in [0.1, 0.15) is 30.9 Å². The molecule has 0 spiro atoms. The molecule has 5 nitrogen and oxygen atoms in total. The van der Waals surface area contributed by atoms with Gasteiger partial charge in [0.2, 0.25) is 5.13 Å². The minimum absolute atomic E-state index is 0.0544. The van der Waals surface area contributed by atoms with E-state index in [0.29, 0.717) is 5.13 Å². The van der Waals surface area contributed by atoms with Crippen LogP contribution in [0.15, 0.2) is 20.9 Å². The number of nitrogens with one attached hydrogen (secondary N) is 1. The number of hydrogen-bond acceptors (Lipinski definition) is 6. The lowest BCUT2D eigenvalue weighted by atomic mass is 10.1. The summed E-state index contributed by atoms with van der Waals surface area (Å²) in [7, 11) is 0. The van der Waals surface area contributed by atoms with Gasteiger partial charge in [0.05, 0.1) is 0 Å². The molecule has 8 heteroatoms. The van der Waals surface area contributed by atoms with Crippen LogP contribution in [0, 0.1) is 13.8 Å². The first-order valence-electron chi connectivity index (χ1n) is 7.65. The van der Waals surface area contributed by atoms with Gasteiger partial charge in [0.25, 0.3) is 5.91 Å². The van der Waals surface area contributed by atoms with Crippen molar-refractivity contribution in [1.29, 1.82) is 0 Å². The Morgan fingerprint density at radius 1 is 1.33 bits per heavy atom. The van der Waals surface area contributed by atoms with Gasteiger partial charge in [-0.25, -0.2) is 0 Å². The number of halogens is 1. The van der Waals surface area contributed by atoms with E-state index in [-0.39, 0.29) is 12.5 Å². The Bertz CT molecular complexity index is 683. The lowest BCUT2D eigenvalue weighted by Crippen LogP contribution is -2.20. The van der Waals surface area contributed by atoms with Crippen LogP contribution in [0.5, 0.6) is 5.75 Å². The van der Waals surface area contributed by atoms with Crippen LogP contribution in [0.4, 0.5) is 5.13 Å². The average Bonchev–Trinajstić information content (AvgIpc) is 2.93. The molecule has 0 unspecified atom stereocenters. The monoisotopic (exact) mass is 429 g/mol. The highest BCUT2D eigenvalue weighted by atomic mass is 79.9. The molecule has 2 rings (SSSR count). The van der Waals surface area contributed by atoms with Crippen molar-refractivity contribution in [3.8, 4) is 5.75 Å². The summed E-state index contributed by atoms with van der Waals surface area (Å²) >= 11 is 6.50. The molecule has 24 heavy (non-hydrogen) atoms. The third kappa shape index (κ3) is 5.75. The standard InChI is InChI=1S/C16H20BrN3O2S2/c1-4-5-6-23-16-20-19-15(24-16)18-13(21)9-22-14-10(2)7-12(17)8-11(14)3/h7-8H,4-6,9H2,1-3H3,(H,18,19,21). The largest absolute Gasteiger partial charge is 0.483 e. The molecule has 0 saturated heterocycles. The second-order valence-electron chi connectivity index (χ2n) is 5.28. The van der Waals surface area contributed by atoms with Crippen LogP contribution >= 0.6 is 39.0 Å². The topological polar surface area (TPSA) is 64.1 Å². The van der Waals surface area contributed by atoms with Gasteiger partial charge in [-0.15, -0.1) is 10.2 Å². The first kappa shape index (κ1) is 19.2. The van der Waals surface area contributed by atoms with E-state index in [1.165, 1.54) is 11.3 Å². The van der Waals surface area contributed by atoms with Crippen molar-refractivity contribution in [2.75, 3.05) is 17.7 Å². The van der Waals surface area contributed by atoms with E-state index in [1.54, 1.807) is 11.8 Å². The molecule has 130 valence electrons. The van der Waals surface area contributed by atoms with Crippen molar-refractivity contribution in [3.63, 3.8) is 0 Å². The molecule has 0 radical (unpaired) electrons. The zero-order chi connectivity index (χ0) is 17.5. The van der Waals surface area contributed by atoms with Gasteiger partial charge in [-0.3, -0.25) is 10.1 Å². The molecule has 0 aliphatic carbocycles. The first-order chi connectivity index (χ1) is 11.5. The Kier molecular flexibility index (Phi) is 7.51. The van der Waals surface area contributed by atoms with Crippen LogP contribution < -0.4 is 10.1 Å². The van der Waals surface area contributed by atoms with Gasteiger partial charge in [-0.05, 0) is 43.5 Å². The van der Waals surface area contributed by atoms with Gasteiger partial charge in [0.15, 0.2) is 10.9 Å². The van der Waals surface area contributed by atoms with Crippen LogP contribution in [0.2, 0.25) is 0 Å². The summed E-state index contributed by atoms with van der Waals surface area (Å²) in [5, 5.41) is 11.3. The summed E-state index contributed by atoms with van der Waals surface area (Å²) in [6.45, 7) is 6.01. The summed E-state index contributed by atoms with van der Waals surface area (Å²) < 4.78 is 7.53. The molecule has 2 aromatic rings. The van der Waals surface area contributed by atoms with E-state index in [0.717, 1.165) is 44.3 Å². The Hall–Kier alpha value is -1.12. The molecule has 0 aliphatic rings. The molecule has 0 atom stereocenters. The molecule has 1 heterocycles. The number of benzene rings is 1. The van der Waals surface area contributed by atoms with Crippen LogP contribution in [-0.2, 0) is 4.79 Å². The minimum atomic E-state index is -0.238. The summed E-state index contributed by atoms with van der Waals surface area (Å²) in [5.41, 5.74) is 1.97. The zero-order valence-corrected chi connectivity index (χ0v) is 17.1. The molecule has 0 bridgehead atoms. The number of anilines is 1. The van der Waals surface area contributed by atoms with Crippen LogP contribution in [0.25, 0.3) is 0 Å². The summed E-state index contributed by atoms with van der Waals surface area (Å²) in [6.07, 6.45) is 2.30. The van der Waals surface area contributed by atoms with E-state index >= 15 is 0 Å². The molecule has 1 aromatic heterocycles. The van der Waals surface area contributed by atoms with Crippen molar-refractivity contribution in [1.82, 2.24) is 10.2 Å². The average molecular weight is 430 g/mol. The Morgan fingerprint density at radius 3 is 2.71 bits per heavy atom. The van der Waals surface area contributed by atoms with Gasteiger partial charge in [0, 0.05) is 10.2 Å². The molecular formula is C16H20BrN3O2S2. The van der Waals surface area contributed by atoms with Crippen molar-refractivity contribution >= 4 is 50.1 Å². The van der Waals surface area contributed by atoms with E-state index in [1.807, 2.05) is 26.0 Å². The zero-order valence-electron chi connectivity index (χ0n) is 13.9. The smallest absolute Gasteiger partial charge is 0.264 e. The normalized spacial score (nSPS) is 10.7. The van der Waals surface area contributed by atoms with Crippen molar-refractivity contribution in [2.24, 2.45) is 0 Å². The highest BCUT2D eigenvalue weighted by Gasteiger charge is 2.11. The number of aromatic nitrogens is 2. The number of unbranched alkanes of at least 4 members (excludes halogenated alkanes) is 1. The number of aryl methyl sites for hydroxylation is 2. The van der Waals surface area contributed by atoms with E-state index in [9.17, 15) is 4.79 Å². The van der Waals surface area contributed by atoms with Gasteiger partial charge in [0.1, 0.15) is 5.75 Å². The summed E-state index contributed by atoms with van der Waals surface area (Å²) in [4.78, 5) is 12.0. The minimum Gasteiger partial charge on any atom is -0.483 e. The van der Waals surface area contributed by atoms with Gasteiger partial charge >= 0.3 is 0 Å². The van der Waals surface area contributed by atoms with Crippen molar-refractivity contribution in [2.45, 2.75) is 38.0 Å². The number of nitrogens with zero attached hydrogens (tertiary/aromatic N) is 2. The number of carbonyl (C=O) groups excluding carboxylic acids is 1. The van der Waals surface area contributed by atoms with Crippen LogP contribution in [0.3, 0.4) is 0 Å². The van der Waals surface area contributed by atoms with Gasteiger partial charge < -0.3 is 4.74 Å². The Labute approximate surface area is 158 Å². The fraction of sp³-hybridized carbons (Fsp3) is 0.438. The molecule has 0 fully saturated rings. The Morgan fingerprint density at radius 2 is 2.04 bits per heavy atom. The maximum Gasteiger partial charge on any atom is 0.264 e. The summed E-state index contributed by atoms with van der Waals surface area (Å²) in [5.74, 6) is 1.52. The summed E-state index contributed by atoms with van der Waals surface area (Å²) in [6, 6.07) is 3.93. The maximum absolute atomic E-state index is 12.0. The SMILES string of the molecule is CCCCSc1nnc(NC(=O)COc2c(C)cc(Br)cc2C)s1. The van der Waals surface area contributed by atoms with E-state index < -0.39 is 0 Å². The van der Waals surface area contributed by atoms with Gasteiger partial charge in [-0.2, -0.15) is 0 Å². The molecule has 1 amide bonds. The number of ether oxygens (including phenoxy) is 1. The fourth-order valence-electron chi connectivity index (χ4n) is 2.04. The quantitative estimate of drug-likeness (QED) is 0.369. The highest BCUT2D eigenvalue weighted by Crippen LogP contribution is 2.28. The maximum atomic E-state index is 12.0. The highest BCUT2D eigenvalue weighted by molar-refractivity contribution is 9.10. The fourth-order valence-corrected chi connectivity index (χ4v) is 4.65. The van der Waals surface area contributed by atoms with Crippen molar-refractivity contribution < 1.29 is 9.53 Å². The lowest BCUT2D eigenvalue weighted by molar-refractivity contribution is -0.118. The second-order valence-corrected chi connectivity index (χ2v) is 8.52. The molecule has 0 saturated carbocycles. The second kappa shape index (κ2) is 9.39. The third-order valence-corrected chi connectivity index (χ3v) is 5.67. The predicted molar refractivity (Wildman–Crippen MR) is 103 cm³/mol. The molecular weight excluding hydrogens is 410 g/mol. The number of amides is 1. The van der Waals surface area contributed by atoms with Gasteiger partial charge in [-0.1, -0.05) is 52.4 Å². The lowest BCUT2D eigenvalue weighted by Gasteiger charge is -2.12. The third-order valence-electron chi connectivity index (χ3n) is 3.15. The number of hydrogen-bond donors (Lipinski definition) is 1. The molecule has 0 aliphatic heterocycles. The number of thioether (sulfide) groups is 1. The predicted octanol–water partition coefficient (Wildman–Crippen LogP) is 4.83. The van der Waals surface area contributed by atoms with E-state index in [4.69, 9.17) is 4.74 Å². The number of carbonyl (C=O) groups is 1. The van der Waals surface area contributed by atoms with E-state index in [2.05, 4.69) is 38.4 Å². The molecule has 1 aromatic carbocycles. The molecule has 1 N–H and O–H groups in total.